The van der Waals surface area contributed by atoms with Crippen LogP contribution in [-0.2, 0) is 9.53 Å². The van der Waals surface area contributed by atoms with E-state index in [0.29, 0.717) is 18.0 Å². The summed E-state index contributed by atoms with van der Waals surface area (Å²) < 4.78 is 16.1. The van der Waals surface area contributed by atoms with Crippen LogP contribution in [0.3, 0.4) is 0 Å². The number of nitrogens with two attached hydrogens (primary N) is 1. The van der Waals surface area contributed by atoms with E-state index in [1.807, 2.05) is 42.6 Å². The molecular weight excluding hydrogens is 406 g/mol. The van der Waals surface area contributed by atoms with E-state index in [9.17, 15) is 4.79 Å². The normalized spacial score (nSPS) is 12.7. The molecule has 2 unspecified atom stereocenters. The number of para-hydroxylation sites is 2. The van der Waals surface area contributed by atoms with Gasteiger partial charge in [-0.1, -0.05) is 30.3 Å². The Bertz CT molecular complexity index is 976. The number of fused-ring (bicyclic) bond motifs is 1. The summed E-state index contributed by atoms with van der Waals surface area (Å²) in [5.74, 6) is 0.839. The Labute approximate surface area is 182 Å². The van der Waals surface area contributed by atoms with Crippen LogP contribution in [0.1, 0.15) is 17.0 Å². The van der Waals surface area contributed by atoms with E-state index >= 15 is 0 Å². The number of carbonyl (C=O) groups is 1. The number of H-pyrrole nitrogens is 1. The molecule has 0 bridgehead atoms. The summed E-state index contributed by atoms with van der Waals surface area (Å²) in [4.78, 5) is 15.7. The number of aromatic amines is 1. The van der Waals surface area contributed by atoms with Crippen molar-refractivity contribution < 1.29 is 19.0 Å². The molecule has 1 heterocycles. The fraction of sp³-hybridized carbons (Fsp3) is 0.318. The quantitative estimate of drug-likeness (QED) is 0.482. The van der Waals surface area contributed by atoms with Crippen LogP contribution in [0.15, 0.2) is 48.7 Å². The van der Waals surface area contributed by atoms with Gasteiger partial charge in [-0.25, -0.2) is 0 Å². The van der Waals surface area contributed by atoms with Gasteiger partial charge in [0.1, 0.15) is 6.04 Å². The first kappa shape index (κ1) is 23.5. The zero-order valence-electron chi connectivity index (χ0n) is 17.3. The lowest BCUT2D eigenvalue weighted by Gasteiger charge is -2.22. The molecule has 3 rings (SSSR count). The lowest BCUT2D eigenvalue weighted by Crippen LogP contribution is -2.44. The molecule has 8 heteroatoms. The van der Waals surface area contributed by atoms with E-state index in [1.54, 1.807) is 14.2 Å². The zero-order chi connectivity index (χ0) is 20.8. The minimum atomic E-state index is -0.726. The number of halogens is 1. The van der Waals surface area contributed by atoms with Gasteiger partial charge in [0.05, 0.1) is 20.8 Å². The third-order valence-electron chi connectivity index (χ3n) is 4.97. The van der Waals surface area contributed by atoms with Crippen molar-refractivity contribution in [3.05, 3.63) is 59.8 Å². The molecule has 0 aliphatic rings. The number of methoxy groups -OCH3 is 3. The standard InChI is InChI=1S/C22H27N3O4.ClH/c1-27-13-18(23)22(26)25-12-17(15-8-6-10-20(28-2)21(15)29-3)16-11-24-19-9-5-4-7-14(16)19;/h4-11,17-18,24H,12-13,23H2,1-3H3,(H,25,26);1H. The van der Waals surface area contributed by atoms with Crippen LogP contribution in [0.5, 0.6) is 11.5 Å². The van der Waals surface area contributed by atoms with Crippen LogP contribution < -0.4 is 20.5 Å². The maximum Gasteiger partial charge on any atom is 0.239 e. The van der Waals surface area contributed by atoms with E-state index in [0.717, 1.165) is 22.0 Å². The first-order valence-electron chi connectivity index (χ1n) is 9.39. The van der Waals surface area contributed by atoms with E-state index in [2.05, 4.69) is 16.4 Å². The van der Waals surface area contributed by atoms with Gasteiger partial charge in [-0.05, 0) is 17.7 Å². The summed E-state index contributed by atoms with van der Waals surface area (Å²) in [5.41, 5.74) is 8.86. The molecule has 162 valence electrons. The van der Waals surface area contributed by atoms with E-state index in [1.165, 1.54) is 7.11 Å². The number of amides is 1. The number of aromatic nitrogens is 1. The second-order valence-electron chi connectivity index (χ2n) is 6.73. The van der Waals surface area contributed by atoms with Gasteiger partial charge in [0.15, 0.2) is 11.5 Å². The third kappa shape index (κ3) is 4.87. The summed E-state index contributed by atoms with van der Waals surface area (Å²) in [7, 11) is 4.73. The van der Waals surface area contributed by atoms with Crippen molar-refractivity contribution in [3.63, 3.8) is 0 Å². The summed E-state index contributed by atoms with van der Waals surface area (Å²) in [5, 5.41) is 4.03. The van der Waals surface area contributed by atoms with E-state index < -0.39 is 6.04 Å². The molecule has 3 aromatic rings. The molecule has 0 aliphatic heterocycles. The van der Waals surface area contributed by atoms with Crippen molar-refractivity contribution in [3.8, 4) is 11.5 Å². The van der Waals surface area contributed by atoms with Crippen LogP contribution >= 0.6 is 12.4 Å². The van der Waals surface area contributed by atoms with Crippen molar-refractivity contribution in [1.29, 1.82) is 0 Å². The third-order valence-corrected chi connectivity index (χ3v) is 4.97. The van der Waals surface area contributed by atoms with E-state index in [-0.39, 0.29) is 30.8 Å². The van der Waals surface area contributed by atoms with Crippen LogP contribution in [0, 0.1) is 0 Å². The van der Waals surface area contributed by atoms with Gasteiger partial charge in [0.25, 0.3) is 0 Å². The Kier molecular flexibility index (Phi) is 8.53. The lowest BCUT2D eigenvalue weighted by molar-refractivity contribution is -0.123. The van der Waals surface area contributed by atoms with Gasteiger partial charge >= 0.3 is 0 Å². The van der Waals surface area contributed by atoms with Crippen LogP contribution in [0.25, 0.3) is 10.9 Å². The van der Waals surface area contributed by atoms with Crippen molar-refractivity contribution in [1.82, 2.24) is 10.3 Å². The number of hydrogen-bond acceptors (Lipinski definition) is 5. The van der Waals surface area contributed by atoms with Crippen LogP contribution in [0.2, 0.25) is 0 Å². The largest absolute Gasteiger partial charge is 0.493 e. The van der Waals surface area contributed by atoms with Crippen LogP contribution in [-0.4, -0.2) is 51.4 Å². The summed E-state index contributed by atoms with van der Waals surface area (Å²) >= 11 is 0. The highest BCUT2D eigenvalue weighted by Crippen LogP contribution is 2.40. The highest BCUT2D eigenvalue weighted by atomic mass is 35.5. The Morgan fingerprint density at radius 1 is 1.07 bits per heavy atom. The molecule has 1 amide bonds. The number of carbonyl (C=O) groups excluding carboxylic acids is 1. The highest BCUT2D eigenvalue weighted by molar-refractivity contribution is 5.86. The Morgan fingerprint density at radius 3 is 2.53 bits per heavy atom. The van der Waals surface area contributed by atoms with E-state index in [4.69, 9.17) is 19.9 Å². The molecule has 0 radical (unpaired) electrons. The zero-order valence-corrected chi connectivity index (χ0v) is 18.1. The molecule has 2 atom stereocenters. The smallest absolute Gasteiger partial charge is 0.239 e. The predicted octanol–water partition coefficient (Wildman–Crippen LogP) is 2.83. The van der Waals surface area contributed by atoms with Crippen molar-refractivity contribution in [2.75, 3.05) is 34.5 Å². The Hall–Kier alpha value is -2.74. The molecule has 7 nitrogen and oxygen atoms in total. The fourth-order valence-corrected chi connectivity index (χ4v) is 3.55. The average Bonchev–Trinajstić information content (AvgIpc) is 3.17. The van der Waals surface area contributed by atoms with Gasteiger partial charge in [-0.15, -0.1) is 12.4 Å². The number of ether oxygens (including phenoxy) is 3. The van der Waals surface area contributed by atoms with Gasteiger partial charge in [-0.2, -0.15) is 0 Å². The molecule has 0 saturated carbocycles. The highest BCUT2D eigenvalue weighted by Gasteiger charge is 2.25. The van der Waals surface area contributed by atoms with Gasteiger partial charge in [0, 0.05) is 42.2 Å². The second-order valence-corrected chi connectivity index (χ2v) is 6.73. The molecule has 0 aliphatic carbocycles. The molecule has 4 N–H and O–H groups in total. The Balaban J connectivity index is 0.00000320. The molecular formula is C22H28ClN3O4. The predicted molar refractivity (Wildman–Crippen MR) is 120 cm³/mol. The summed E-state index contributed by atoms with van der Waals surface area (Å²) in [6, 6.07) is 13.1. The molecule has 0 fully saturated rings. The SMILES string of the molecule is COCC(N)C(=O)NCC(c1cccc(OC)c1OC)c1c[nH]c2ccccc12.Cl. The van der Waals surface area contributed by atoms with Crippen molar-refractivity contribution in [2.45, 2.75) is 12.0 Å². The maximum absolute atomic E-state index is 12.4. The monoisotopic (exact) mass is 433 g/mol. The minimum absolute atomic E-state index is 0. The fourth-order valence-electron chi connectivity index (χ4n) is 3.55. The first-order chi connectivity index (χ1) is 14.1. The molecule has 2 aromatic carbocycles. The van der Waals surface area contributed by atoms with Gasteiger partial charge in [0.2, 0.25) is 5.91 Å². The Morgan fingerprint density at radius 2 is 1.83 bits per heavy atom. The minimum Gasteiger partial charge on any atom is -0.493 e. The molecule has 0 saturated heterocycles. The van der Waals surface area contributed by atoms with Crippen LogP contribution in [0.4, 0.5) is 0 Å². The number of rotatable bonds is 9. The first-order valence-corrected chi connectivity index (χ1v) is 9.39. The average molecular weight is 434 g/mol. The van der Waals surface area contributed by atoms with Gasteiger partial charge in [-0.3, -0.25) is 4.79 Å². The topological polar surface area (TPSA) is 98.6 Å². The lowest BCUT2D eigenvalue weighted by atomic mass is 9.89. The molecule has 30 heavy (non-hydrogen) atoms. The van der Waals surface area contributed by atoms with Gasteiger partial charge < -0.3 is 30.2 Å². The molecule has 0 spiro atoms. The van der Waals surface area contributed by atoms with Crippen molar-refractivity contribution in [2.24, 2.45) is 5.73 Å². The summed E-state index contributed by atoms with van der Waals surface area (Å²) in [6.45, 7) is 0.508. The number of benzene rings is 2. The number of hydrogen-bond donors (Lipinski definition) is 3. The van der Waals surface area contributed by atoms with Crippen molar-refractivity contribution >= 4 is 29.2 Å². The summed E-state index contributed by atoms with van der Waals surface area (Å²) in [6.07, 6.45) is 1.97. The molecule has 1 aromatic heterocycles. The number of nitrogens with one attached hydrogen (secondary N) is 2. The maximum atomic E-state index is 12.4. The second kappa shape index (κ2) is 10.9.